The average molecular weight is 220 g/mol. The maximum Gasteiger partial charge on any atom is 0.226 e. The minimum Gasteiger partial charge on any atom is -0.345 e. The van der Waals surface area contributed by atoms with E-state index in [4.69, 9.17) is 5.73 Å². The summed E-state index contributed by atoms with van der Waals surface area (Å²) in [6.07, 6.45) is 1.34. The highest BCUT2D eigenvalue weighted by Crippen LogP contribution is 2.08. The Bertz CT molecular complexity index is 350. The molecule has 0 aliphatic carbocycles. The SMILES string of the molecule is Cc1ccccc1CC(=O)N(C)CCCN. The number of hydrogen-bond donors (Lipinski definition) is 1. The predicted molar refractivity (Wildman–Crippen MR) is 66.2 cm³/mol. The van der Waals surface area contributed by atoms with E-state index < -0.39 is 0 Å². The number of likely N-dealkylation sites (N-methyl/N-ethyl adjacent to an activating group) is 1. The number of amides is 1. The zero-order valence-electron chi connectivity index (χ0n) is 10.1. The van der Waals surface area contributed by atoms with E-state index in [0.717, 1.165) is 18.5 Å². The monoisotopic (exact) mass is 220 g/mol. The lowest BCUT2D eigenvalue weighted by atomic mass is 10.1. The van der Waals surface area contributed by atoms with Gasteiger partial charge in [-0.05, 0) is 31.0 Å². The van der Waals surface area contributed by atoms with Gasteiger partial charge in [0.05, 0.1) is 6.42 Å². The van der Waals surface area contributed by atoms with Gasteiger partial charge in [-0.2, -0.15) is 0 Å². The average Bonchev–Trinajstić information content (AvgIpc) is 2.28. The molecule has 0 saturated carbocycles. The zero-order valence-corrected chi connectivity index (χ0v) is 10.1. The van der Waals surface area contributed by atoms with Crippen molar-refractivity contribution in [1.29, 1.82) is 0 Å². The lowest BCUT2D eigenvalue weighted by molar-refractivity contribution is -0.129. The Labute approximate surface area is 97.2 Å². The summed E-state index contributed by atoms with van der Waals surface area (Å²) < 4.78 is 0. The minimum absolute atomic E-state index is 0.155. The van der Waals surface area contributed by atoms with E-state index >= 15 is 0 Å². The minimum atomic E-state index is 0.155. The molecule has 0 spiro atoms. The summed E-state index contributed by atoms with van der Waals surface area (Å²) in [6.45, 7) is 3.39. The Morgan fingerprint density at radius 2 is 2.06 bits per heavy atom. The van der Waals surface area contributed by atoms with Gasteiger partial charge in [-0.1, -0.05) is 24.3 Å². The molecule has 0 radical (unpaired) electrons. The first-order valence-electron chi connectivity index (χ1n) is 5.63. The Morgan fingerprint density at radius 1 is 1.38 bits per heavy atom. The second kappa shape index (κ2) is 6.28. The molecule has 2 N–H and O–H groups in total. The van der Waals surface area contributed by atoms with Gasteiger partial charge in [0, 0.05) is 13.6 Å². The summed E-state index contributed by atoms with van der Waals surface area (Å²) in [5, 5.41) is 0. The summed E-state index contributed by atoms with van der Waals surface area (Å²) in [5.74, 6) is 0.155. The van der Waals surface area contributed by atoms with Crippen molar-refractivity contribution in [3.8, 4) is 0 Å². The van der Waals surface area contributed by atoms with Crippen LogP contribution in [0.1, 0.15) is 17.5 Å². The van der Waals surface area contributed by atoms with Crippen molar-refractivity contribution in [2.75, 3.05) is 20.1 Å². The summed E-state index contributed by atoms with van der Waals surface area (Å²) in [4.78, 5) is 13.6. The molecular weight excluding hydrogens is 200 g/mol. The van der Waals surface area contributed by atoms with E-state index in [-0.39, 0.29) is 5.91 Å². The van der Waals surface area contributed by atoms with Gasteiger partial charge in [-0.15, -0.1) is 0 Å². The quantitative estimate of drug-likeness (QED) is 0.814. The van der Waals surface area contributed by atoms with Crippen molar-refractivity contribution in [1.82, 2.24) is 4.90 Å². The molecule has 0 aromatic heterocycles. The van der Waals surface area contributed by atoms with Crippen molar-refractivity contribution in [3.63, 3.8) is 0 Å². The van der Waals surface area contributed by atoms with Crippen molar-refractivity contribution in [2.45, 2.75) is 19.8 Å². The second-order valence-corrected chi connectivity index (χ2v) is 4.06. The number of rotatable bonds is 5. The molecule has 1 aromatic rings. The van der Waals surface area contributed by atoms with Gasteiger partial charge in [0.15, 0.2) is 0 Å². The highest BCUT2D eigenvalue weighted by molar-refractivity contribution is 5.78. The van der Waals surface area contributed by atoms with Crippen LogP contribution in [-0.4, -0.2) is 30.9 Å². The molecule has 1 rings (SSSR count). The van der Waals surface area contributed by atoms with Crippen LogP contribution >= 0.6 is 0 Å². The molecule has 3 heteroatoms. The van der Waals surface area contributed by atoms with Crippen molar-refractivity contribution in [3.05, 3.63) is 35.4 Å². The van der Waals surface area contributed by atoms with Crippen LogP contribution in [0, 0.1) is 6.92 Å². The molecule has 0 aliphatic rings. The lowest BCUT2D eigenvalue weighted by Crippen LogP contribution is -2.30. The second-order valence-electron chi connectivity index (χ2n) is 4.06. The largest absolute Gasteiger partial charge is 0.345 e. The van der Waals surface area contributed by atoms with Gasteiger partial charge in [0.1, 0.15) is 0 Å². The van der Waals surface area contributed by atoms with Crippen LogP contribution in [0.2, 0.25) is 0 Å². The number of carbonyl (C=O) groups excluding carboxylic acids is 1. The molecule has 0 bridgehead atoms. The van der Waals surface area contributed by atoms with Gasteiger partial charge in [-0.25, -0.2) is 0 Å². The summed E-state index contributed by atoms with van der Waals surface area (Å²) in [5.41, 5.74) is 7.69. The fraction of sp³-hybridized carbons (Fsp3) is 0.462. The van der Waals surface area contributed by atoms with Crippen molar-refractivity contribution in [2.24, 2.45) is 5.73 Å². The fourth-order valence-electron chi connectivity index (χ4n) is 1.56. The van der Waals surface area contributed by atoms with Crippen LogP contribution in [0.4, 0.5) is 0 Å². The lowest BCUT2D eigenvalue weighted by Gasteiger charge is -2.17. The first-order valence-corrected chi connectivity index (χ1v) is 5.63. The van der Waals surface area contributed by atoms with Gasteiger partial charge in [0.2, 0.25) is 5.91 Å². The number of carbonyl (C=O) groups is 1. The third-order valence-corrected chi connectivity index (χ3v) is 2.73. The van der Waals surface area contributed by atoms with Crippen LogP contribution in [0.15, 0.2) is 24.3 Å². The number of nitrogens with two attached hydrogens (primary N) is 1. The maximum absolute atomic E-state index is 11.9. The standard InChI is InChI=1S/C13H20N2O/c1-11-6-3-4-7-12(11)10-13(16)15(2)9-5-8-14/h3-4,6-7H,5,8-10,14H2,1-2H3. The van der Waals surface area contributed by atoms with Crippen LogP contribution in [-0.2, 0) is 11.2 Å². The highest BCUT2D eigenvalue weighted by atomic mass is 16.2. The van der Waals surface area contributed by atoms with Gasteiger partial charge in [0.25, 0.3) is 0 Å². The first kappa shape index (κ1) is 12.7. The van der Waals surface area contributed by atoms with Crippen LogP contribution in [0.25, 0.3) is 0 Å². The fourth-order valence-corrected chi connectivity index (χ4v) is 1.56. The topological polar surface area (TPSA) is 46.3 Å². The van der Waals surface area contributed by atoms with E-state index in [9.17, 15) is 4.79 Å². The molecule has 0 heterocycles. The molecule has 1 amide bonds. The molecule has 0 atom stereocenters. The molecule has 88 valence electrons. The molecule has 0 saturated heterocycles. The summed E-state index contributed by atoms with van der Waals surface area (Å²) in [6, 6.07) is 7.99. The van der Waals surface area contributed by atoms with E-state index in [0.29, 0.717) is 13.0 Å². The number of nitrogens with zero attached hydrogens (tertiary/aromatic N) is 1. The van der Waals surface area contributed by atoms with Crippen molar-refractivity contribution >= 4 is 5.91 Å². The van der Waals surface area contributed by atoms with Crippen LogP contribution < -0.4 is 5.73 Å². The molecule has 16 heavy (non-hydrogen) atoms. The summed E-state index contributed by atoms with van der Waals surface area (Å²) >= 11 is 0. The third kappa shape index (κ3) is 3.66. The van der Waals surface area contributed by atoms with Gasteiger partial charge >= 0.3 is 0 Å². The Hall–Kier alpha value is -1.35. The zero-order chi connectivity index (χ0) is 12.0. The van der Waals surface area contributed by atoms with E-state index in [2.05, 4.69) is 0 Å². The molecule has 0 aliphatic heterocycles. The third-order valence-electron chi connectivity index (χ3n) is 2.73. The van der Waals surface area contributed by atoms with Gasteiger partial charge in [-0.3, -0.25) is 4.79 Å². The Kier molecular flexibility index (Phi) is 4.99. The number of benzene rings is 1. The number of hydrogen-bond acceptors (Lipinski definition) is 2. The van der Waals surface area contributed by atoms with Crippen molar-refractivity contribution < 1.29 is 4.79 Å². The molecule has 0 unspecified atom stereocenters. The van der Waals surface area contributed by atoms with E-state index in [1.54, 1.807) is 4.90 Å². The maximum atomic E-state index is 11.9. The Balaban J connectivity index is 2.54. The smallest absolute Gasteiger partial charge is 0.226 e. The molecule has 1 aromatic carbocycles. The van der Waals surface area contributed by atoms with Gasteiger partial charge < -0.3 is 10.6 Å². The van der Waals surface area contributed by atoms with E-state index in [1.807, 2.05) is 38.2 Å². The summed E-state index contributed by atoms with van der Waals surface area (Å²) in [7, 11) is 1.83. The van der Waals surface area contributed by atoms with Crippen LogP contribution in [0.5, 0.6) is 0 Å². The predicted octanol–water partition coefficient (Wildman–Crippen LogP) is 1.34. The molecule has 0 fully saturated rings. The van der Waals surface area contributed by atoms with Crippen LogP contribution in [0.3, 0.4) is 0 Å². The van der Waals surface area contributed by atoms with E-state index in [1.165, 1.54) is 5.56 Å². The molecular formula is C13H20N2O. The Morgan fingerprint density at radius 3 is 2.69 bits per heavy atom. The number of aryl methyl sites for hydroxylation is 1. The first-order chi connectivity index (χ1) is 7.65. The molecule has 3 nitrogen and oxygen atoms in total. The normalized spacial score (nSPS) is 10.2. The highest BCUT2D eigenvalue weighted by Gasteiger charge is 2.09.